The first-order valence-electron chi connectivity index (χ1n) is 8.25. The lowest BCUT2D eigenvalue weighted by atomic mass is 10.0. The minimum Gasteiger partial charge on any atom is -0.336 e. The maximum absolute atomic E-state index is 12.8. The Morgan fingerprint density at radius 1 is 1.12 bits per heavy atom. The van der Waals surface area contributed by atoms with E-state index in [1.807, 2.05) is 6.92 Å². The van der Waals surface area contributed by atoms with E-state index >= 15 is 0 Å². The van der Waals surface area contributed by atoms with E-state index in [1.54, 1.807) is 17.9 Å². The van der Waals surface area contributed by atoms with E-state index in [4.69, 9.17) is 0 Å². The van der Waals surface area contributed by atoms with Gasteiger partial charge in [-0.2, -0.15) is 0 Å². The Morgan fingerprint density at radius 3 is 2.21 bits per heavy atom. The number of nitrogens with zero attached hydrogens (tertiary/aromatic N) is 2. The summed E-state index contributed by atoms with van der Waals surface area (Å²) in [6, 6.07) is 3.74. The van der Waals surface area contributed by atoms with Gasteiger partial charge in [-0.3, -0.25) is 9.69 Å². The highest BCUT2D eigenvalue weighted by atomic mass is 32.2. The van der Waals surface area contributed by atoms with Gasteiger partial charge >= 0.3 is 0 Å². The first-order chi connectivity index (χ1) is 11.2. The van der Waals surface area contributed by atoms with Crippen LogP contribution in [0.25, 0.3) is 0 Å². The van der Waals surface area contributed by atoms with Gasteiger partial charge in [0, 0.05) is 37.8 Å². The summed E-state index contributed by atoms with van der Waals surface area (Å²) in [6.07, 6.45) is 0. The molecule has 0 aliphatic carbocycles. The van der Waals surface area contributed by atoms with E-state index in [0.717, 1.165) is 18.7 Å². The third-order valence-corrected chi connectivity index (χ3v) is 6.30. The molecule has 0 unspecified atom stereocenters. The van der Waals surface area contributed by atoms with Crippen LogP contribution in [0.15, 0.2) is 17.0 Å². The quantitative estimate of drug-likeness (QED) is 0.888. The van der Waals surface area contributed by atoms with E-state index in [9.17, 15) is 13.2 Å². The number of sulfonamides is 1. The van der Waals surface area contributed by atoms with Crippen molar-refractivity contribution in [3.63, 3.8) is 0 Å². The standard InChI is InChI=1S/C17H27N3O3S/c1-12(2)19-6-8-20(9-7-19)17(21)15-10-13(3)14(4)16(11-15)24(22,23)18-5/h10-12,18H,6-9H2,1-5H3. The third kappa shape index (κ3) is 3.79. The van der Waals surface area contributed by atoms with Crippen molar-refractivity contribution in [1.82, 2.24) is 14.5 Å². The zero-order valence-electron chi connectivity index (χ0n) is 15.1. The van der Waals surface area contributed by atoms with E-state index in [1.165, 1.54) is 13.1 Å². The van der Waals surface area contributed by atoms with Crippen molar-refractivity contribution in [2.24, 2.45) is 0 Å². The number of rotatable bonds is 4. The molecule has 7 heteroatoms. The highest BCUT2D eigenvalue weighted by molar-refractivity contribution is 7.89. The molecular formula is C17H27N3O3S. The molecule has 0 saturated carbocycles. The van der Waals surface area contributed by atoms with Crippen LogP contribution >= 0.6 is 0 Å². The second kappa shape index (κ2) is 7.21. The molecule has 1 aliphatic rings. The molecule has 1 saturated heterocycles. The lowest BCUT2D eigenvalue weighted by molar-refractivity contribution is 0.0595. The second-order valence-electron chi connectivity index (χ2n) is 6.55. The van der Waals surface area contributed by atoms with Gasteiger partial charge in [0.2, 0.25) is 10.0 Å². The van der Waals surface area contributed by atoms with E-state index in [2.05, 4.69) is 23.5 Å². The fourth-order valence-electron chi connectivity index (χ4n) is 2.96. The maximum Gasteiger partial charge on any atom is 0.253 e. The second-order valence-corrected chi connectivity index (χ2v) is 8.40. The molecule has 1 aromatic rings. The molecule has 0 radical (unpaired) electrons. The normalized spacial score (nSPS) is 16.7. The molecule has 1 amide bonds. The van der Waals surface area contributed by atoms with Gasteiger partial charge in [0.1, 0.15) is 0 Å². The molecular weight excluding hydrogens is 326 g/mol. The number of carbonyl (C=O) groups excluding carboxylic acids is 1. The minimum absolute atomic E-state index is 0.103. The van der Waals surface area contributed by atoms with E-state index < -0.39 is 10.0 Å². The van der Waals surface area contributed by atoms with Crippen LogP contribution in [0.5, 0.6) is 0 Å². The van der Waals surface area contributed by atoms with Gasteiger partial charge in [-0.25, -0.2) is 13.1 Å². The predicted molar refractivity (Wildman–Crippen MR) is 94.8 cm³/mol. The van der Waals surface area contributed by atoms with Gasteiger partial charge in [0.15, 0.2) is 0 Å². The van der Waals surface area contributed by atoms with Crippen molar-refractivity contribution in [2.75, 3.05) is 33.2 Å². The molecule has 1 aromatic carbocycles. The smallest absolute Gasteiger partial charge is 0.253 e. The number of aryl methyl sites for hydroxylation is 1. The van der Waals surface area contributed by atoms with Crippen molar-refractivity contribution in [2.45, 2.75) is 38.6 Å². The number of nitrogens with one attached hydrogen (secondary N) is 1. The molecule has 0 bridgehead atoms. The van der Waals surface area contributed by atoms with Crippen molar-refractivity contribution >= 4 is 15.9 Å². The Bertz CT molecular complexity index is 721. The predicted octanol–water partition coefficient (Wildman–Crippen LogP) is 1.38. The molecule has 2 rings (SSSR count). The first kappa shape index (κ1) is 18.9. The summed E-state index contributed by atoms with van der Waals surface area (Å²) in [5.41, 5.74) is 1.91. The zero-order chi connectivity index (χ0) is 18.1. The monoisotopic (exact) mass is 353 g/mol. The maximum atomic E-state index is 12.8. The number of carbonyl (C=O) groups is 1. The highest BCUT2D eigenvalue weighted by Crippen LogP contribution is 2.22. The van der Waals surface area contributed by atoms with Crippen LogP contribution < -0.4 is 4.72 Å². The van der Waals surface area contributed by atoms with Crippen LogP contribution in [-0.4, -0.2) is 63.4 Å². The first-order valence-corrected chi connectivity index (χ1v) is 9.73. The minimum atomic E-state index is -3.59. The lowest BCUT2D eigenvalue weighted by Crippen LogP contribution is -2.50. The summed E-state index contributed by atoms with van der Waals surface area (Å²) in [5, 5.41) is 0. The summed E-state index contributed by atoms with van der Waals surface area (Å²) in [4.78, 5) is 17.1. The molecule has 6 nitrogen and oxygen atoms in total. The summed E-state index contributed by atoms with van der Waals surface area (Å²) in [5.74, 6) is -0.103. The van der Waals surface area contributed by atoms with Crippen LogP contribution in [0.4, 0.5) is 0 Å². The topological polar surface area (TPSA) is 69.7 Å². The van der Waals surface area contributed by atoms with Crippen LogP contribution in [-0.2, 0) is 10.0 Å². The van der Waals surface area contributed by atoms with Crippen molar-refractivity contribution in [3.05, 3.63) is 28.8 Å². The van der Waals surface area contributed by atoms with Crippen LogP contribution in [0.3, 0.4) is 0 Å². The van der Waals surface area contributed by atoms with Crippen LogP contribution in [0.2, 0.25) is 0 Å². The van der Waals surface area contributed by atoms with Gasteiger partial charge < -0.3 is 4.90 Å². The van der Waals surface area contributed by atoms with Crippen LogP contribution in [0, 0.1) is 13.8 Å². The summed E-state index contributed by atoms with van der Waals surface area (Å²) < 4.78 is 26.7. The summed E-state index contributed by atoms with van der Waals surface area (Å²) >= 11 is 0. The number of hydrogen-bond acceptors (Lipinski definition) is 4. The van der Waals surface area contributed by atoms with Crippen molar-refractivity contribution < 1.29 is 13.2 Å². The Kier molecular flexibility index (Phi) is 5.67. The average Bonchev–Trinajstić information content (AvgIpc) is 2.56. The number of amides is 1. The lowest BCUT2D eigenvalue weighted by Gasteiger charge is -2.37. The fraction of sp³-hybridized carbons (Fsp3) is 0.588. The summed E-state index contributed by atoms with van der Waals surface area (Å²) in [7, 11) is -2.21. The third-order valence-electron chi connectivity index (χ3n) is 4.76. The van der Waals surface area contributed by atoms with Gasteiger partial charge in [-0.05, 0) is 58.0 Å². The summed E-state index contributed by atoms with van der Waals surface area (Å²) in [6.45, 7) is 10.9. The zero-order valence-corrected chi connectivity index (χ0v) is 15.9. The molecule has 1 heterocycles. The molecule has 0 atom stereocenters. The van der Waals surface area contributed by atoms with Gasteiger partial charge in [0.25, 0.3) is 5.91 Å². The van der Waals surface area contributed by atoms with Gasteiger partial charge in [-0.1, -0.05) is 0 Å². The number of piperazine rings is 1. The van der Waals surface area contributed by atoms with E-state index in [0.29, 0.717) is 30.3 Å². The average molecular weight is 353 g/mol. The Labute approximate surface area is 144 Å². The molecule has 0 aromatic heterocycles. The Morgan fingerprint density at radius 2 is 1.71 bits per heavy atom. The molecule has 1 N–H and O–H groups in total. The molecule has 1 aliphatic heterocycles. The van der Waals surface area contributed by atoms with E-state index in [-0.39, 0.29) is 10.8 Å². The number of hydrogen-bond donors (Lipinski definition) is 1. The van der Waals surface area contributed by atoms with Crippen LogP contribution in [0.1, 0.15) is 35.3 Å². The number of benzene rings is 1. The molecule has 24 heavy (non-hydrogen) atoms. The van der Waals surface area contributed by atoms with Crippen molar-refractivity contribution in [3.8, 4) is 0 Å². The molecule has 0 spiro atoms. The van der Waals surface area contributed by atoms with Crippen molar-refractivity contribution in [1.29, 1.82) is 0 Å². The van der Waals surface area contributed by atoms with Gasteiger partial charge in [-0.15, -0.1) is 0 Å². The fourth-order valence-corrected chi connectivity index (χ4v) is 4.03. The largest absolute Gasteiger partial charge is 0.336 e. The SMILES string of the molecule is CNS(=O)(=O)c1cc(C(=O)N2CCN(C(C)C)CC2)cc(C)c1C. The highest BCUT2D eigenvalue weighted by Gasteiger charge is 2.25. The van der Waals surface area contributed by atoms with Gasteiger partial charge in [0.05, 0.1) is 4.90 Å². The Balaban J connectivity index is 2.28. The molecule has 1 fully saturated rings. The molecule has 134 valence electrons. The Hall–Kier alpha value is -1.44.